The normalized spacial score (nSPS) is 30.1. The second kappa shape index (κ2) is 10.0. The van der Waals surface area contributed by atoms with E-state index in [-0.39, 0.29) is 24.4 Å². The monoisotopic (exact) mass is 393 g/mol. The van der Waals surface area contributed by atoms with Gasteiger partial charge in [0.25, 0.3) is 0 Å². The zero-order chi connectivity index (χ0) is 20.1. The lowest BCUT2D eigenvalue weighted by Crippen LogP contribution is -2.57. The van der Waals surface area contributed by atoms with Gasteiger partial charge in [-0.05, 0) is 72.6 Å². The summed E-state index contributed by atoms with van der Waals surface area (Å²) in [7, 11) is 6.16. The Bertz CT molecular complexity index is 541. The summed E-state index contributed by atoms with van der Waals surface area (Å²) in [6.07, 6.45) is 7.70. The average molecular weight is 394 g/mol. The van der Waals surface area contributed by atoms with Crippen LogP contribution in [0.2, 0.25) is 0 Å². The van der Waals surface area contributed by atoms with Gasteiger partial charge in [0.15, 0.2) is 0 Å². The largest absolute Gasteiger partial charge is 0.337 e. The van der Waals surface area contributed by atoms with E-state index in [0.717, 1.165) is 51.9 Å². The van der Waals surface area contributed by atoms with Crippen LogP contribution < -0.4 is 5.32 Å². The van der Waals surface area contributed by atoms with Gasteiger partial charge in [0.1, 0.15) is 0 Å². The predicted molar refractivity (Wildman–Crippen MR) is 111 cm³/mol. The number of amides is 2. The molecular weight excluding hydrogens is 354 g/mol. The Kier molecular flexibility index (Phi) is 7.71. The third-order valence-corrected chi connectivity index (χ3v) is 6.83. The molecule has 3 aliphatic rings. The molecular formula is C21H39N5O2. The number of piperidine rings is 3. The van der Waals surface area contributed by atoms with Crippen molar-refractivity contribution in [1.29, 1.82) is 0 Å². The van der Waals surface area contributed by atoms with Gasteiger partial charge < -0.3 is 20.0 Å². The van der Waals surface area contributed by atoms with Gasteiger partial charge in [-0.1, -0.05) is 0 Å². The van der Waals surface area contributed by atoms with Gasteiger partial charge in [0.05, 0.1) is 12.6 Å². The van der Waals surface area contributed by atoms with E-state index in [0.29, 0.717) is 18.6 Å². The molecule has 3 atom stereocenters. The Morgan fingerprint density at radius 2 is 1.86 bits per heavy atom. The second-order valence-corrected chi connectivity index (χ2v) is 9.00. The van der Waals surface area contributed by atoms with E-state index >= 15 is 0 Å². The highest BCUT2D eigenvalue weighted by Crippen LogP contribution is 2.22. The van der Waals surface area contributed by atoms with E-state index < -0.39 is 0 Å². The minimum absolute atomic E-state index is 0.0838. The maximum absolute atomic E-state index is 13.1. The van der Waals surface area contributed by atoms with Gasteiger partial charge >= 0.3 is 0 Å². The Morgan fingerprint density at radius 3 is 2.61 bits per heavy atom. The van der Waals surface area contributed by atoms with Crippen molar-refractivity contribution in [3.05, 3.63) is 0 Å². The fourth-order valence-electron chi connectivity index (χ4n) is 5.05. The van der Waals surface area contributed by atoms with E-state index in [2.05, 4.69) is 34.1 Å². The summed E-state index contributed by atoms with van der Waals surface area (Å²) in [6.45, 7) is 5.00. The van der Waals surface area contributed by atoms with Crippen LogP contribution in [0.5, 0.6) is 0 Å². The standard InChI is InChI=1S/C21H39N5O2/c1-22-19-10-7-12-25(21(19)28)16-20(27)26-13-5-4-8-18(26)15-24-11-6-9-17(14-24)23(2)3/h17-19,22H,4-16H2,1-3H3/t17?,18?,19-/m0/s1. The van der Waals surface area contributed by atoms with Crippen LogP contribution in [0.25, 0.3) is 0 Å². The van der Waals surface area contributed by atoms with Crippen molar-refractivity contribution in [2.24, 2.45) is 0 Å². The number of hydrogen-bond donors (Lipinski definition) is 1. The molecule has 0 saturated carbocycles. The van der Waals surface area contributed by atoms with Gasteiger partial charge in [-0.15, -0.1) is 0 Å². The van der Waals surface area contributed by atoms with Crippen LogP contribution in [0.1, 0.15) is 44.9 Å². The Labute approximate surface area is 170 Å². The van der Waals surface area contributed by atoms with E-state index in [9.17, 15) is 9.59 Å². The first-order valence-corrected chi connectivity index (χ1v) is 11.1. The fraction of sp³-hybridized carbons (Fsp3) is 0.905. The minimum atomic E-state index is -0.130. The maximum atomic E-state index is 13.1. The summed E-state index contributed by atoms with van der Waals surface area (Å²) < 4.78 is 0. The van der Waals surface area contributed by atoms with Crippen molar-refractivity contribution >= 4 is 11.8 Å². The molecule has 3 fully saturated rings. The Balaban J connectivity index is 1.58. The SMILES string of the molecule is CN[C@H]1CCCN(CC(=O)N2CCCCC2CN2CCCC(N(C)C)C2)C1=O. The highest BCUT2D eigenvalue weighted by molar-refractivity contribution is 5.88. The van der Waals surface area contributed by atoms with Crippen molar-refractivity contribution in [2.75, 3.05) is 60.4 Å². The van der Waals surface area contributed by atoms with Crippen LogP contribution in [0.4, 0.5) is 0 Å². The van der Waals surface area contributed by atoms with Crippen LogP contribution in [0.3, 0.4) is 0 Å². The first kappa shape index (κ1) is 21.5. The van der Waals surface area contributed by atoms with E-state index in [1.54, 1.807) is 4.90 Å². The van der Waals surface area contributed by atoms with Crippen molar-refractivity contribution in [1.82, 2.24) is 24.9 Å². The molecule has 0 spiro atoms. The highest BCUT2D eigenvalue weighted by atomic mass is 16.2. The Hall–Kier alpha value is -1.18. The Morgan fingerprint density at radius 1 is 1.07 bits per heavy atom. The molecule has 0 aliphatic carbocycles. The van der Waals surface area contributed by atoms with Crippen LogP contribution in [0, 0.1) is 0 Å². The summed E-state index contributed by atoms with van der Waals surface area (Å²) in [5, 5.41) is 3.09. The lowest BCUT2D eigenvalue weighted by Gasteiger charge is -2.43. The van der Waals surface area contributed by atoms with Gasteiger partial charge in [-0.3, -0.25) is 14.5 Å². The molecule has 1 N–H and O–H groups in total. The summed E-state index contributed by atoms with van der Waals surface area (Å²) >= 11 is 0. The molecule has 3 heterocycles. The molecule has 7 nitrogen and oxygen atoms in total. The smallest absolute Gasteiger partial charge is 0.242 e. The van der Waals surface area contributed by atoms with Crippen LogP contribution >= 0.6 is 0 Å². The van der Waals surface area contributed by atoms with Crippen molar-refractivity contribution in [3.63, 3.8) is 0 Å². The summed E-state index contributed by atoms with van der Waals surface area (Å²) in [4.78, 5) is 34.4. The zero-order valence-corrected chi connectivity index (χ0v) is 18.0. The summed E-state index contributed by atoms with van der Waals surface area (Å²) in [6, 6.07) is 0.781. The number of nitrogens with one attached hydrogen (secondary N) is 1. The minimum Gasteiger partial charge on any atom is -0.337 e. The predicted octanol–water partition coefficient (Wildman–Crippen LogP) is 0.604. The zero-order valence-electron chi connectivity index (χ0n) is 18.0. The van der Waals surface area contributed by atoms with E-state index in [1.165, 1.54) is 19.3 Å². The number of rotatable bonds is 6. The van der Waals surface area contributed by atoms with Crippen LogP contribution in [0.15, 0.2) is 0 Å². The third-order valence-electron chi connectivity index (χ3n) is 6.83. The molecule has 0 aromatic heterocycles. The molecule has 28 heavy (non-hydrogen) atoms. The molecule has 0 radical (unpaired) electrons. The summed E-state index contributed by atoms with van der Waals surface area (Å²) in [5.41, 5.74) is 0. The quantitative estimate of drug-likeness (QED) is 0.716. The number of hydrogen-bond acceptors (Lipinski definition) is 5. The number of carbonyl (C=O) groups excluding carboxylic acids is 2. The molecule has 3 aliphatic heterocycles. The molecule has 3 rings (SSSR count). The lowest BCUT2D eigenvalue weighted by molar-refractivity contribution is -0.145. The molecule has 3 saturated heterocycles. The van der Waals surface area contributed by atoms with Gasteiger partial charge in [-0.25, -0.2) is 0 Å². The number of nitrogens with zero attached hydrogens (tertiary/aromatic N) is 4. The molecule has 0 bridgehead atoms. The molecule has 2 amide bonds. The lowest BCUT2D eigenvalue weighted by atomic mass is 9.98. The molecule has 0 aromatic rings. The fourth-order valence-corrected chi connectivity index (χ4v) is 5.05. The highest BCUT2D eigenvalue weighted by Gasteiger charge is 2.34. The number of likely N-dealkylation sites (N-methyl/N-ethyl adjacent to an activating group) is 2. The second-order valence-electron chi connectivity index (χ2n) is 9.00. The van der Waals surface area contributed by atoms with Gasteiger partial charge in [-0.2, -0.15) is 0 Å². The number of carbonyl (C=O) groups is 2. The van der Waals surface area contributed by atoms with Crippen molar-refractivity contribution in [2.45, 2.75) is 63.1 Å². The first-order chi connectivity index (χ1) is 13.5. The maximum Gasteiger partial charge on any atom is 0.242 e. The van der Waals surface area contributed by atoms with Gasteiger partial charge in [0, 0.05) is 38.3 Å². The van der Waals surface area contributed by atoms with Crippen molar-refractivity contribution < 1.29 is 9.59 Å². The van der Waals surface area contributed by atoms with Crippen LogP contribution in [-0.2, 0) is 9.59 Å². The third kappa shape index (κ3) is 5.24. The average Bonchev–Trinajstić information content (AvgIpc) is 2.70. The topological polar surface area (TPSA) is 59.1 Å². The number of likely N-dealkylation sites (tertiary alicyclic amines) is 3. The van der Waals surface area contributed by atoms with Crippen molar-refractivity contribution in [3.8, 4) is 0 Å². The summed E-state index contributed by atoms with van der Waals surface area (Å²) in [5.74, 6) is 0.219. The molecule has 160 valence electrons. The molecule has 0 aromatic carbocycles. The van der Waals surface area contributed by atoms with E-state index in [1.807, 2.05) is 7.05 Å². The van der Waals surface area contributed by atoms with E-state index in [4.69, 9.17) is 0 Å². The van der Waals surface area contributed by atoms with Gasteiger partial charge in [0.2, 0.25) is 11.8 Å². The van der Waals surface area contributed by atoms with Crippen LogP contribution in [-0.4, -0.2) is 110 Å². The first-order valence-electron chi connectivity index (χ1n) is 11.1. The molecule has 7 heteroatoms. The molecule has 2 unspecified atom stereocenters.